The van der Waals surface area contributed by atoms with Gasteiger partial charge in [-0.1, -0.05) is 6.08 Å². The van der Waals surface area contributed by atoms with Crippen molar-refractivity contribution in [2.24, 2.45) is 0 Å². The number of allylic oxidation sites excluding steroid dienone is 1. The Labute approximate surface area is 71.4 Å². The lowest BCUT2D eigenvalue weighted by Gasteiger charge is -2.22. The summed E-state index contributed by atoms with van der Waals surface area (Å²) in [5.41, 5.74) is 0. The fraction of sp³-hybridized carbons (Fsp3) is 0.444. The summed E-state index contributed by atoms with van der Waals surface area (Å²) in [5, 5.41) is 0. The van der Waals surface area contributed by atoms with Crippen LogP contribution in [0.15, 0.2) is 24.1 Å². The van der Waals surface area contributed by atoms with Crippen molar-refractivity contribution in [2.45, 2.75) is 13.3 Å². The van der Waals surface area contributed by atoms with Gasteiger partial charge in [-0.3, -0.25) is 4.79 Å². The third kappa shape index (κ3) is 2.19. The van der Waals surface area contributed by atoms with Crippen LogP contribution < -0.4 is 0 Å². The number of rotatable bonds is 1. The third-order valence-corrected chi connectivity index (χ3v) is 1.73. The first-order chi connectivity index (χ1) is 5.74. The van der Waals surface area contributed by atoms with Gasteiger partial charge in [-0.2, -0.15) is 0 Å². The van der Waals surface area contributed by atoms with Crippen LogP contribution in [-0.4, -0.2) is 23.9 Å². The molecule has 0 N–H and O–H groups in total. The molecule has 1 rings (SSSR count). The molecule has 0 aromatic rings. The number of hydrogen-bond donors (Lipinski definition) is 0. The highest BCUT2D eigenvalue weighted by Crippen LogP contribution is 2.10. The van der Waals surface area contributed by atoms with Crippen molar-refractivity contribution in [2.75, 3.05) is 13.1 Å². The third-order valence-electron chi connectivity index (χ3n) is 1.73. The van der Waals surface area contributed by atoms with Crippen LogP contribution in [-0.2, 0) is 4.79 Å². The minimum absolute atomic E-state index is 0.110. The maximum Gasteiger partial charge on any atom is 0.246 e. The van der Waals surface area contributed by atoms with E-state index in [2.05, 4.69) is 0 Å². The van der Waals surface area contributed by atoms with Gasteiger partial charge >= 0.3 is 0 Å². The van der Waals surface area contributed by atoms with Crippen LogP contribution in [0, 0.1) is 0 Å². The predicted octanol–water partition coefficient (Wildman–Crippen LogP) is 1.65. The first kappa shape index (κ1) is 8.97. The lowest BCUT2D eigenvalue weighted by atomic mass is 10.2. The summed E-state index contributed by atoms with van der Waals surface area (Å²) < 4.78 is 12.7. The molecule has 0 aromatic carbocycles. The van der Waals surface area contributed by atoms with Crippen molar-refractivity contribution in [1.82, 2.24) is 4.90 Å². The molecule has 1 amide bonds. The summed E-state index contributed by atoms with van der Waals surface area (Å²) in [7, 11) is 0. The first-order valence-electron chi connectivity index (χ1n) is 4.00. The second-order valence-electron chi connectivity index (χ2n) is 2.70. The molecule has 0 spiro atoms. The highest BCUT2D eigenvalue weighted by Gasteiger charge is 2.15. The lowest BCUT2D eigenvalue weighted by Crippen LogP contribution is -2.33. The van der Waals surface area contributed by atoms with Gasteiger partial charge in [-0.15, -0.1) is 0 Å². The highest BCUT2D eigenvalue weighted by atomic mass is 19.1. The molecular formula is C9H12FNO. The van der Waals surface area contributed by atoms with Crippen LogP contribution >= 0.6 is 0 Å². The van der Waals surface area contributed by atoms with Gasteiger partial charge < -0.3 is 4.90 Å². The fourth-order valence-electron chi connectivity index (χ4n) is 1.14. The standard InChI is InChI=1S/C9H12FNO/c1-2-4-9(12)11-6-3-5-8(10)7-11/h2,4-5H,3,6-7H2,1H3/b4-2+. The lowest BCUT2D eigenvalue weighted by molar-refractivity contribution is -0.126. The van der Waals surface area contributed by atoms with Gasteiger partial charge in [-0.05, 0) is 25.5 Å². The van der Waals surface area contributed by atoms with E-state index in [4.69, 9.17) is 0 Å². The summed E-state index contributed by atoms with van der Waals surface area (Å²) in [6.07, 6.45) is 5.27. The Morgan fingerprint density at radius 1 is 1.75 bits per heavy atom. The molecule has 0 atom stereocenters. The zero-order valence-corrected chi connectivity index (χ0v) is 7.09. The number of carbonyl (C=O) groups excluding carboxylic acids is 1. The van der Waals surface area contributed by atoms with E-state index >= 15 is 0 Å². The van der Waals surface area contributed by atoms with Crippen LogP contribution in [0.25, 0.3) is 0 Å². The molecule has 12 heavy (non-hydrogen) atoms. The van der Waals surface area contributed by atoms with Crippen molar-refractivity contribution < 1.29 is 9.18 Å². The Balaban J connectivity index is 2.54. The molecule has 3 heteroatoms. The average molecular weight is 169 g/mol. The molecule has 0 aromatic heterocycles. The van der Waals surface area contributed by atoms with Crippen LogP contribution in [0.4, 0.5) is 4.39 Å². The summed E-state index contributed by atoms with van der Waals surface area (Å²) in [5.74, 6) is -0.320. The summed E-state index contributed by atoms with van der Waals surface area (Å²) in [6.45, 7) is 2.52. The highest BCUT2D eigenvalue weighted by molar-refractivity contribution is 5.87. The first-order valence-corrected chi connectivity index (χ1v) is 4.00. The van der Waals surface area contributed by atoms with E-state index in [1.54, 1.807) is 13.0 Å². The molecule has 0 radical (unpaired) electrons. The van der Waals surface area contributed by atoms with E-state index in [0.29, 0.717) is 13.0 Å². The van der Waals surface area contributed by atoms with Gasteiger partial charge in [0, 0.05) is 6.54 Å². The monoisotopic (exact) mass is 169 g/mol. The molecule has 1 heterocycles. The molecule has 66 valence electrons. The second-order valence-corrected chi connectivity index (χ2v) is 2.70. The van der Waals surface area contributed by atoms with Gasteiger partial charge in [0.15, 0.2) is 0 Å². The van der Waals surface area contributed by atoms with E-state index in [1.807, 2.05) is 0 Å². The van der Waals surface area contributed by atoms with Gasteiger partial charge in [-0.25, -0.2) is 4.39 Å². The Bertz CT molecular complexity index is 233. The molecule has 0 fully saturated rings. The predicted molar refractivity (Wildman–Crippen MR) is 45.2 cm³/mol. The fourth-order valence-corrected chi connectivity index (χ4v) is 1.14. The van der Waals surface area contributed by atoms with Crippen molar-refractivity contribution in [3.05, 3.63) is 24.1 Å². The number of nitrogens with zero attached hydrogens (tertiary/aromatic N) is 1. The number of carbonyl (C=O) groups is 1. The molecule has 1 aliphatic heterocycles. The SMILES string of the molecule is C/C=C/C(=O)N1CCC=C(F)C1. The molecular weight excluding hydrogens is 157 g/mol. The quantitative estimate of drug-likeness (QED) is 0.546. The molecule has 0 aliphatic carbocycles. The molecule has 0 saturated heterocycles. The van der Waals surface area contributed by atoms with Gasteiger partial charge in [0.1, 0.15) is 5.83 Å². The normalized spacial score (nSPS) is 18.2. The van der Waals surface area contributed by atoms with E-state index in [-0.39, 0.29) is 18.3 Å². The number of halogens is 1. The molecule has 0 bridgehead atoms. The Hall–Kier alpha value is -1.12. The molecule has 2 nitrogen and oxygen atoms in total. The largest absolute Gasteiger partial charge is 0.332 e. The summed E-state index contributed by atoms with van der Waals surface area (Å²) in [4.78, 5) is 12.7. The van der Waals surface area contributed by atoms with Gasteiger partial charge in [0.25, 0.3) is 0 Å². The summed E-state index contributed by atoms with van der Waals surface area (Å²) >= 11 is 0. The van der Waals surface area contributed by atoms with Crippen molar-refractivity contribution in [3.63, 3.8) is 0 Å². The van der Waals surface area contributed by atoms with E-state index < -0.39 is 0 Å². The van der Waals surface area contributed by atoms with Crippen LogP contribution in [0.5, 0.6) is 0 Å². The maximum atomic E-state index is 12.7. The topological polar surface area (TPSA) is 20.3 Å². The van der Waals surface area contributed by atoms with Crippen molar-refractivity contribution in [3.8, 4) is 0 Å². The number of hydrogen-bond acceptors (Lipinski definition) is 1. The van der Waals surface area contributed by atoms with Crippen molar-refractivity contribution in [1.29, 1.82) is 0 Å². The van der Waals surface area contributed by atoms with Crippen LogP contribution in [0.2, 0.25) is 0 Å². The second kappa shape index (κ2) is 4.04. The van der Waals surface area contributed by atoms with Gasteiger partial charge in [0.05, 0.1) is 6.54 Å². The van der Waals surface area contributed by atoms with Crippen LogP contribution in [0.3, 0.4) is 0 Å². The smallest absolute Gasteiger partial charge is 0.246 e. The zero-order chi connectivity index (χ0) is 8.97. The van der Waals surface area contributed by atoms with Crippen molar-refractivity contribution >= 4 is 5.91 Å². The Kier molecular flexibility index (Phi) is 3.02. The van der Waals surface area contributed by atoms with Crippen LogP contribution in [0.1, 0.15) is 13.3 Å². The van der Waals surface area contributed by atoms with E-state index in [1.165, 1.54) is 17.1 Å². The van der Waals surface area contributed by atoms with E-state index in [0.717, 1.165) is 0 Å². The van der Waals surface area contributed by atoms with E-state index in [9.17, 15) is 9.18 Å². The maximum absolute atomic E-state index is 12.7. The summed E-state index contributed by atoms with van der Waals surface area (Å²) in [6, 6.07) is 0. The minimum atomic E-state index is -0.209. The molecule has 0 unspecified atom stereocenters. The zero-order valence-electron chi connectivity index (χ0n) is 7.09. The Morgan fingerprint density at radius 3 is 3.08 bits per heavy atom. The molecule has 1 aliphatic rings. The number of amides is 1. The minimum Gasteiger partial charge on any atom is -0.332 e. The Morgan fingerprint density at radius 2 is 2.50 bits per heavy atom. The average Bonchev–Trinajstić information content (AvgIpc) is 2.05. The van der Waals surface area contributed by atoms with Gasteiger partial charge in [0.2, 0.25) is 5.91 Å². The molecule has 0 saturated carbocycles.